The number of amides is 2. The zero-order valence-corrected chi connectivity index (χ0v) is 12.4. The Labute approximate surface area is 129 Å². The standard InChI is InChI=1S/C18H18N2O2/c1-13(21)20-16-12-19-17(22)18(16,14-8-4-2-5-9-14)15-10-6-3-7-11-15/h2-11,16H,12H2,1H3,(H,19,22)(H,20,21)/t16-/m1/s1. The van der Waals surface area contributed by atoms with Crippen molar-refractivity contribution in [2.45, 2.75) is 18.4 Å². The van der Waals surface area contributed by atoms with Gasteiger partial charge in [-0.25, -0.2) is 0 Å². The summed E-state index contributed by atoms with van der Waals surface area (Å²) in [4.78, 5) is 24.4. The maximum Gasteiger partial charge on any atom is 0.237 e. The summed E-state index contributed by atoms with van der Waals surface area (Å²) in [6, 6.07) is 18.9. The highest BCUT2D eigenvalue weighted by Gasteiger charge is 2.53. The molecule has 22 heavy (non-hydrogen) atoms. The third-order valence-corrected chi connectivity index (χ3v) is 4.18. The Hall–Kier alpha value is -2.62. The van der Waals surface area contributed by atoms with Crippen LogP contribution in [-0.4, -0.2) is 24.4 Å². The van der Waals surface area contributed by atoms with Gasteiger partial charge < -0.3 is 10.6 Å². The van der Waals surface area contributed by atoms with Gasteiger partial charge in [0.1, 0.15) is 5.41 Å². The number of carbonyl (C=O) groups excluding carboxylic acids is 2. The quantitative estimate of drug-likeness (QED) is 0.903. The Bertz CT molecular complexity index is 643. The number of nitrogens with one attached hydrogen (secondary N) is 2. The van der Waals surface area contributed by atoms with Gasteiger partial charge in [-0.3, -0.25) is 9.59 Å². The number of hydrogen-bond acceptors (Lipinski definition) is 2. The molecule has 0 aliphatic carbocycles. The van der Waals surface area contributed by atoms with Gasteiger partial charge in [0.25, 0.3) is 0 Å². The number of hydrogen-bond donors (Lipinski definition) is 2. The minimum Gasteiger partial charge on any atom is -0.353 e. The van der Waals surface area contributed by atoms with Gasteiger partial charge in [-0.1, -0.05) is 60.7 Å². The van der Waals surface area contributed by atoms with Gasteiger partial charge in [-0.15, -0.1) is 0 Å². The fourth-order valence-corrected chi connectivity index (χ4v) is 3.28. The fraction of sp³-hybridized carbons (Fsp3) is 0.222. The Morgan fingerprint density at radius 3 is 2.00 bits per heavy atom. The van der Waals surface area contributed by atoms with Crippen LogP contribution in [0, 0.1) is 0 Å². The topological polar surface area (TPSA) is 58.2 Å². The average Bonchev–Trinajstić information content (AvgIpc) is 2.86. The molecule has 0 radical (unpaired) electrons. The van der Waals surface area contributed by atoms with E-state index in [1.807, 2.05) is 60.7 Å². The predicted octanol–water partition coefficient (Wildman–Crippen LogP) is 1.61. The highest BCUT2D eigenvalue weighted by molar-refractivity contribution is 5.96. The highest BCUT2D eigenvalue weighted by atomic mass is 16.2. The molecule has 1 atom stereocenters. The van der Waals surface area contributed by atoms with E-state index in [0.29, 0.717) is 6.54 Å². The van der Waals surface area contributed by atoms with Crippen LogP contribution in [0.1, 0.15) is 18.1 Å². The summed E-state index contributed by atoms with van der Waals surface area (Å²) in [5, 5.41) is 5.85. The fourth-order valence-electron chi connectivity index (χ4n) is 3.28. The van der Waals surface area contributed by atoms with Crippen LogP contribution in [0.3, 0.4) is 0 Å². The van der Waals surface area contributed by atoms with Crippen molar-refractivity contribution < 1.29 is 9.59 Å². The van der Waals surface area contributed by atoms with E-state index >= 15 is 0 Å². The third kappa shape index (κ3) is 2.17. The summed E-state index contributed by atoms with van der Waals surface area (Å²) in [5.74, 6) is -0.221. The van der Waals surface area contributed by atoms with Crippen molar-refractivity contribution in [3.05, 3.63) is 71.8 Å². The van der Waals surface area contributed by atoms with Gasteiger partial charge in [-0.05, 0) is 11.1 Å². The SMILES string of the molecule is CC(=O)N[C@@H]1CNC(=O)C1(c1ccccc1)c1ccccc1. The van der Waals surface area contributed by atoms with E-state index in [0.717, 1.165) is 11.1 Å². The summed E-state index contributed by atoms with van der Waals surface area (Å²) in [7, 11) is 0. The van der Waals surface area contributed by atoms with Gasteiger partial charge in [0.15, 0.2) is 0 Å². The highest BCUT2D eigenvalue weighted by Crippen LogP contribution is 2.38. The second kappa shape index (κ2) is 5.64. The van der Waals surface area contributed by atoms with Crippen molar-refractivity contribution in [3.63, 3.8) is 0 Å². The van der Waals surface area contributed by atoms with E-state index in [4.69, 9.17) is 0 Å². The molecular weight excluding hydrogens is 276 g/mol. The smallest absolute Gasteiger partial charge is 0.237 e. The van der Waals surface area contributed by atoms with Crippen LogP contribution >= 0.6 is 0 Å². The maximum absolute atomic E-state index is 12.8. The molecule has 4 nitrogen and oxygen atoms in total. The number of rotatable bonds is 3. The molecule has 2 aromatic rings. The minimum absolute atomic E-state index is 0.0800. The monoisotopic (exact) mass is 294 g/mol. The van der Waals surface area contributed by atoms with Gasteiger partial charge in [0, 0.05) is 13.5 Å². The normalized spacial score (nSPS) is 19.5. The second-order valence-corrected chi connectivity index (χ2v) is 5.50. The molecule has 0 unspecified atom stereocenters. The summed E-state index contributed by atoms with van der Waals surface area (Å²) in [5.41, 5.74) is 0.874. The molecule has 1 heterocycles. The summed E-state index contributed by atoms with van der Waals surface area (Å²) < 4.78 is 0. The van der Waals surface area contributed by atoms with Gasteiger partial charge in [-0.2, -0.15) is 0 Å². The summed E-state index contributed by atoms with van der Waals surface area (Å²) in [6.07, 6.45) is 0. The largest absolute Gasteiger partial charge is 0.353 e. The van der Waals surface area contributed by atoms with Crippen molar-refractivity contribution in [1.29, 1.82) is 0 Å². The van der Waals surface area contributed by atoms with Crippen molar-refractivity contribution in [3.8, 4) is 0 Å². The molecule has 1 saturated heterocycles. The average molecular weight is 294 g/mol. The van der Waals surface area contributed by atoms with Gasteiger partial charge in [0.05, 0.1) is 6.04 Å². The van der Waals surface area contributed by atoms with Crippen LogP contribution in [0.25, 0.3) is 0 Å². The Morgan fingerprint density at radius 2 is 1.55 bits per heavy atom. The molecule has 3 rings (SSSR count). The van der Waals surface area contributed by atoms with Crippen molar-refractivity contribution in [1.82, 2.24) is 10.6 Å². The van der Waals surface area contributed by atoms with Gasteiger partial charge >= 0.3 is 0 Å². The molecular formula is C18H18N2O2. The minimum atomic E-state index is -0.895. The van der Waals surface area contributed by atoms with E-state index in [1.54, 1.807) is 0 Å². The van der Waals surface area contributed by atoms with Crippen LogP contribution in [-0.2, 0) is 15.0 Å². The Kier molecular flexibility index (Phi) is 3.67. The van der Waals surface area contributed by atoms with E-state index in [-0.39, 0.29) is 17.9 Å². The molecule has 2 aromatic carbocycles. The lowest BCUT2D eigenvalue weighted by molar-refractivity contribution is -0.123. The molecule has 2 N–H and O–H groups in total. The molecule has 1 fully saturated rings. The third-order valence-electron chi connectivity index (χ3n) is 4.18. The summed E-state index contributed by atoms with van der Waals surface area (Å²) >= 11 is 0. The molecule has 0 saturated carbocycles. The first kappa shape index (κ1) is 14.3. The van der Waals surface area contributed by atoms with Crippen LogP contribution in [0.2, 0.25) is 0 Å². The second-order valence-electron chi connectivity index (χ2n) is 5.50. The van der Waals surface area contributed by atoms with E-state index in [1.165, 1.54) is 6.92 Å². The molecule has 0 aromatic heterocycles. The van der Waals surface area contributed by atoms with Crippen molar-refractivity contribution >= 4 is 11.8 Å². The lowest BCUT2D eigenvalue weighted by atomic mass is 9.70. The molecule has 0 spiro atoms. The maximum atomic E-state index is 12.8. The van der Waals surface area contributed by atoms with E-state index in [2.05, 4.69) is 10.6 Å². The molecule has 0 bridgehead atoms. The lowest BCUT2D eigenvalue weighted by Crippen LogP contribution is -2.51. The molecule has 1 aliphatic heterocycles. The van der Waals surface area contributed by atoms with Crippen molar-refractivity contribution in [2.24, 2.45) is 0 Å². The molecule has 2 amide bonds. The zero-order chi connectivity index (χ0) is 15.6. The molecule has 4 heteroatoms. The molecule has 1 aliphatic rings. The first-order valence-electron chi connectivity index (χ1n) is 7.32. The predicted molar refractivity (Wildman–Crippen MR) is 84.3 cm³/mol. The first-order valence-corrected chi connectivity index (χ1v) is 7.32. The van der Waals surface area contributed by atoms with E-state index < -0.39 is 5.41 Å². The zero-order valence-electron chi connectivity index (χ0n) is 12.4. The van der Waals surface area contributed by atoms with Crippen LogP contribution in [0.4, 0.5) is 0 Å². The molecule has 112 valence electrons. The van der Waals surface area contributed by atoms with E-state index in [9.17, 15) is 9.59 Å². The number of carbonyl (C=O) groups is 2. The first-order chi connectivity index (χ1) is 10.7. The van der Waals surface area contributed by atoms with Crippen LogP contribution in [0.5, 0.6) is 0 Å². The Morgan fingerprint density at radius 1 is 1.05 bits per heavy atom. The van der Waals surface area contributed by atoms with Crippen molar-refractivity contribution in [2.75, 3.05) is 6.54 Å². The van der Waals surface area contributed by atoms with Gasteiger partial charge in [0.2, 0.25) is 11.8 Å². The Balaban J connectivity index is 2.22. The van der Waals surface area contributed by atoms with Crippen LogP contribution in [0.15, 0.2) is 60.7 Å². The summed E-state index contributed by atoms with van der Waals surface area (Å²) in [6.45, 7) is 1.89. The number of benzene rings is 2. The van der Waals surface area contributed by atoms with Crippen LogP contribution < -0.4 is 10.6 Å². The lowest BCUT2D eigenvalue weighted by Gasteiger charge is -2.34.